The number of unbranched alkanes of at least 4 members (excludes halogenated alkanes) is 2. The molecule has 1 rings (SSSR count). The Kier molecular flexibility index (Phi) is 5.49. The summed E-state index contributed by atoms with van der Waals surface area (Å²) in [5.74, 6) is 0. The summed E-state index contributed by atoms with van der Waals surface area (Å²) < 4.78 is 0. The van der Waals surface area contributed by atoms with Crippen LogP contribution in [-0.4, -0.2) is 0 Å². The lowest BCUT2D eigenvalue weighted by Crippen LogP contribution is -1.83. The molecule has 73 valence electrons. The van der Waals surface area contributed by atoms with E-state index >= 15 is 0 Å². The highest BCUT2D eigenvalue weighted by molar-refractivity contribution is 5.14. The van der Waals surface area contributed by atoms with Gasteiger partial charge in [0.2, 0.25) is 0 Å². The van der Waals surface area contributed by atoms with Gasteiger partial charge in [0.15, 0.2) is 0 Å². The van der Waals surface area contributed by atoms with Crippen molar-refractivity contribution in [2.24, 2.45) is 0 Å². The molecule has 0 aliphatic rings. The molecule has 0 nitrogen and oxygen atoms in total. The van der Waals surface area contributed by atoms with Crippen LogP contribution < -0.4 is 0 Å². The molecule has 0 bridgehead atoms. The van der Waals surface area contributed by atoms with Crippen LogP contribution in [0.1, 0.15) is 24.8 Å². The van der Waals surface area contributed by atoms with E-state index in [2.05, 4.69) is 36.4 Å². The van der Waals surface area contributed by atoms with Crippen molar-refractivity contribution in [1.82, 2.24) is 0 Å². The van der Waals surface area contributed by atoms with Crippen molar-refractivity contribution in [1.29, 1.82) is 0 Å². The lowest BCUT2D eigenvalue weighted by Gasteiger charge is -1.98. The molecule has 0 aliphatic heterocycles. The number of hydrogen-bond acceptors (Lipinski definition) is 0. The second-order valence-electron chi connectivity index (χ2n) is 3.35. The first-order valence-electron chi connectivity index (χ1n) is 5.17. The lowest BCUT2D eigenvalue weighted by molar-refractivity contribution is 0.747. The molecule has 0 unspecified atom stereocenters. The third kappa shape index (κ3) is 4.66. The van der Waals surface area contributed by atoms with Gasteiger partial charge in [0.25, 0.3) is 0 Å². The molecule has 0 fully saturated rings. The summed E-state index contributed by atoms with van der Waals surface area (Å²) in [5.41, 5.74) is 1.43. The predicted octanol–water partition coefficient (Wildman–Crippen LogP) is 3.94. The smallest absolute Gasteiger partial charge is 0.0279 e. The molecule has 0 aromatic heterocycles. The topological polar surface area (TPSA) is 0 Å². The van der Waals surface area contributed by atoms with Gasteiger partial charge in [-0.05, 0) is 31.2 Å². The van der Waals surface area contributed by atoms with Crippen LogP contribution in [0.5, 0.6) is 0 Å². The molecule has 0 saturated heterocycles. The molecule has 0 atom stereocenters. The molecule has 1 aromatic rings. The molecule has 0 spiro atoms. The molecule has 0 aliphatic carbocycles. The number of aryl methyl sites for hydroxylation is 1. The standard InChI is InChI=1S/C14H17/c1-2-3-4-5-6-8-11-14-12-9-7-10-13-14/h1-4,7,9-10,12-13H,5-6,8,11H2. The molecule has 0 heteroatoms. The molecule has 0 heterocycles. The molecular formula is C14H17. The van der Waals surface area contributed by atoms with Gasteiger partial charge >= 0.3 is 0 Å². The van der Waals surface area contributed by atoms with Gasteiger partial charge in [0.1, 0.15) is 0 Å². The van der Waals surface area contributed by atoms with Gasteiger partial charge in [-0.3, -0.25) is 0 Å². The first-order valence-corrected chi connectivity index (χ1v) is 5.17. The van der Waals surface area contributed by atoms with E-state index in [-0.39, 0.29) is 0 Å². The van der Waals surface area contributed by atoms with E-state index in [1.807, 2.05) is 6.08 Å². The summed E-state index contributed by atoms with van der Waals surface area (Å²) >= 11 is 0. The molecule has 0 saturated carbocycles. The van der Waals surface area contributed by atoms with Gasteiger partial charge < -0.3 is 0 Å². The average Bonchev–Trinajstić information content (AvgIpc) is 2.25. The van der Waals surface area contributed by atoms with Crippen LogP contribution in [0.4, 0.5) is 0 Å². The first kappa shape index (κ1) is 10.8. The Morgan fingerprint density at radius 2 is 1.86 bits per heavy atom. The monoisotopic (exact) mass is 185 g/mol. The SMILES string of the molecule is [CH]=CC=CCCCCc1ccccc1. The van der Waals surface area contributed by atoms with E-state index in [0.717, 1.165) is 6.42 Å². The highest BCUT2D eigenvalue weighted by atomic mass is 14.0. The first-order chi connectivity index (χ1) is 6.93. The van der Waals surface area contributed by atoms with Crippen molar-refractivity contribution in [3.8, 4) is 0 Å². The average molecular weight is 185 g/mol. The van der Waals surface area contributed by atoms with E-state index in [0.29, 0.717) is 0 Å². The minimum absolute atomic E-state index is 1.13. The maximum Gasteiger partial charge on any atom is -0.0279 e. The number of allylic oxidation sites excluding steroid dienone is 3. The largest absolute Gasteiger partial charge is 0.0845 e. The summed E-state index contributed by atoms with van der Waals surface area (Å²) in [6.45, 7) is 5.22. The van der Waals surface area contributed by atoms with Crippen LogP contribution in [-0.2, 0) is 6.42 Å². The highest BCUT2D eigenvalue weighted by Gasteiger charge is 1.90. The minimum Gasteiger partial charge on any atom is -0.0845 e. The maximum absolute atomic E-state index is 5.22. The van der Waals surface area contributed by atoms with E-state index in [9.17, 15) is 0 Å². The van der Waals surface area contributed by atoms with Crippen LogP contribution in [0.3, 0.4) is 0 Å². The maximum atomic E-state index is 5.22. The Bertz CT molecular complexity index is 269. The quantitative estimate of drug-likeness (QED) is 0.465. The number of benzene rings is 1. The fraction of sp³-hybridized carbons (Fsp3) is 0.286. The molecular weight excluding hydrogens is 168 g/mol. The van der Waals surface area contributed by atoms with Gasteiger partial charge in [-0.25, -0.2) is 0 Å². The van der Waals surface area contributed by atoms with Crippen LogP contribution in [0.2, 0.25) is 0 Å². The van der Waals surface area contributed by atoms with Crippen LogP contribution >= 0.6 is 0 Å². The molecule has 0 amide bonds. The van der Waals surface area contributed by atoms with Crippen molar-refractivity contribution in [3.63, 3.8) is 0 Å². The van der Waals surface area contributed by atoms with Crippen LogP contribution in [0.15, 0.2) is 48.6 Å². The van der Waals surface area contributed by atoms with E-state index in [1.165, 1.54) is 24.8 Å². The Morgan fingerprint density at radius 3 is 2.57 bits per heavy atom. The summed E-state index contributed by atoms with van der Waals surface area (Å²) in [4.78, 5) is 0. The van der Waals surface area contributed by atoms with Gasteiger partial charge in [0.05, 0.1) is 0 Å². The van der Waals surface area contributed by atoms with Gasteiger partial charge in [0, 0.05) is 0 Å². The normalized spacial score (nSPS) is 10.6. The summed E-state index contributed by atoms with van der Waals surface area (Å²) in [6.07, 6.45) is 10.4. The fourth-order valence-corrected chi connectivity index (χ4v) is 1.41. The van der Waals surface area contributed by atoms with Crippen molar-refractivity contribution in [2.75, 3.05) is 0 Å². The van der Waals surface area contributed by atoms with E-state index in [4.69, 9.17) is 6.58 Å². The van der Waals surface area contributed by atoms with E-state index < -0.39 is 0 Å². The lowest BCUT2D eigenvalue weighted by atomic mass is 10.1. The Labute approximate surface area is 87.0 Å². The van der Waals surface area contributed by atoms with Gasteiger partial charge in [-0.15, -0.1) is 0 Å². The summed E-state index contributed by atoms with van der Waals surface area (Å²) in [5, 5.41) is 0. The highest BCUT2D eigenvalue weighted by Crippen LogP contribution is 2.06. The molecule has 1 aromatic carbocycles. The van der Waals surface area contributed by atoms with Crippen LogP contribution in [0, 0.1) is 6.58 Å². The fourth-order valence-electron chi connectivity index (χ4n) is 1.41. The molecule has 0 N–H and O–H groups in total. The molecule has 1 radical (unpaired) electrons. The van der Waals surface area contributed by atoms with Gasteiger partial charge in [-0.1, -0.05) is 55.1 Å². The third-order valence-electron chi connectivity index (χ3n) is 2.18. The minimum atomic E-state index is 1.13. The third-order valence-corrected chi connectivity index (χ3v) is 2.18. The predicted molar refractivity (Wildman–Crippen MR) is 62.0 cm³/mol. The Balaban J connectivity index is 2.10. The zero-order chi connectivity index (χ0) is 10.1. The second-order valence-corrected chi connectivity index (χ2v) is 3.35. The van der Waals surface area contributed by atoms with Crippen LogP contribution in [0.25, 0.3) is 0 Å². The molecule has 14 heavy (non-hydrogen) atoms. The zero-order valence-electron chi connectivity index (χ0n) is 8.52. The second kappa shape index (κ2) is 7.14. The van der Waals surface area contributed by atoms with Crippen molar-refractivity contribution >= 4 is 0 Å². The Morgan fingerprint density at radius 1 is 1.07 bits per heavy atom. The van der Waals surface area contributed by atoms with Crippen molar-refractivity contribution in [3.05, 3.63) is 60.7 Å². The number of hydrogen-bond donors (Lipinski definition) is 0. The summed E-state index contributed by atoms with van der Waals surface area (Å²) in [6, 6.07) is 10.6. The number of rotatable bonds is 6. The van der Waals surface area contributed by atoms with E-state index in [1.54, 1.807) is 6.08 Å². The Hall–Kier alpha value is -1.30. The van der Waals surface area contributed by atoms with Gasteiger partial charge in [-0.2, -0.15) is 0 Å². The summed E-state index contributed by atoms with van der Waals surface area (Å²) in [7, 11) is 0. The zero-order valence-corrected chi connectivity index (χ0v) is 8.52. The van der Waals surface area contributed by atoms with Crippen molar-refractivity contribution in [2.45, 2.75) is 25.7 Å². The van der Waals surface area contributed by atoms with Crippen molar-refractivity contribution < 1.29 is 0 Å².